The predicted molar refractivity (Wildman–Crippen MR) is 69.9 cm³/mol. The van der Waals surface area contributed by atoms with Crippen LogP contribution in [0.2, 0.25) is 0 Å². The molecule has 2 rings (SSSR count). The molecule has 2 unspecified atom stereocenters. The lowest BCUT2D eigenvalue weighted by Gasteiger charge is -2.22. The molecule has 18 heavy (non-hydrogen) atoms. The molecule has 3 nitrogen and oxygen atoms in total. The molecular weight excluding hydrogens is 228 g/mol. The maximum atomic E-state index is 10.8. The first-order valence-electron chi connectivity index (χ1n) is 6.52. The summed E-state index contributed by atoms with van der Waals surface area (Å²) in [5.74, 6) is 0.360. The van der Waals surface area contributed by atoms with Gasteiger partial charge in [0.2, 0.25) is 0 Å². The highest BCUT2D eigenvalue weighted by atomic mass is 16.5. The molecule has 1 aromatic rings. The highest BCUT2D eigenvalue weighted by molar-refractivity contribution is 5.67. The maximum Gasteiger partial charge on any atom is 0.303 e. The van der Waals surface area contributed by atoms with Crippen LogP contribution in [-0.2, 0) is 4.79 Å². The molecule has 3 heteroatoms. The van der Waals surface area contributed by atoms with Crippen LogP contribution in [0.25, 0.3) is 0 Å². The summed E-state index contributed by atoms with van der Waals surface area (Å²) in [6.07, 6.45) is 3.26. The molecule has 0 amide bonds. The van der Waals surface area contributed by atoms with Crippen molar-refractivity contribution in [1.29, 1.82) is 0 Å². The average Bonchev–Trinajstić information content (AvgIpc) is 2.70. The fraction of sp³-hybridized carbons (Fsp3) is 0.533. The van der Waals surface area contributed by atoms with E-state index in [1.54, 1.807) is 0 Å². The Morgan fingerprint density at radius 2 is 2.00 bits per heavy atom. The van der Waals surface area contributed by atoms with Crippen molar-refractivity contribution in [2.45, 2.75) is 45.6 Å². The van der Waals surface area contributed by atoms with Crippen LogP contribution in [0.1, 0.15) is 36.8 Å². The van der Waals surface area contributed by atoms with Gasteiger partial charge in [0, 0.05) is 5.92 Å². The van der Waals surface area contributed by atoms with Crippen LogP contribution in [0.3, 0.4) is 0 Å². The number of aliphatic carboxylic acids is 1. The van der Waals surface area contributed by atoms with E-state index in [1.807, 2.05) is 32.0 Å². The zero-order valence-corrected chi connectivity index (χ0v) is 11.0. The fourth-order valence-electron chi connectivity index (χ4n) is 2.75. The normalized spacial score (nSPS) is 23.0. The predicted octanol–water partition coefficient (Wildman–Crippen LogP) is 3.33. The Morgan fingerprint density at radius 1 is 1.33 bits per heavy atom. The van der Waals surface area contributed by atoms with Gasteiger partial charge in [-0.15, -0.1) is 0 Å². The van der Waals surface area contributed by atoms with Crippen molar-refractivity contribution in [3.05, 3.63) is 29.3 Å². The first kappa shape index (κ1) is 12.9. The monoisotopic (exact) mass is 248 g/mol. The van der Waals surface area contributed by atoms with Gasteiger partial charge >= 0.3 is 5.97 Å². The number of aryl methyl sites for hydroxylation is 2. The molecule has 2 atom stereocenters. The van der Waals surface area contributed by atoms with Crippen LogP contribution in [0.4, 0.5) is 0 Å². The largest absolute Gasteiger partial charge is 0.490 e. The van der Waals surface area contributed by atoms with Gasteiger partial charge in [0.25, 0.3) is 0 Å². The Morgan fingerprint density at radius 3 is 2.61 bits per heavy atom. The number of rotatable bonds is 4. The van der Waals surface area contributed by atoms with E-state index in [1.165, 1.54) is 0 Å². The molecule has 0 bridgehead atoms. The standard InChI is InChI=1S/C15H20O3/c1-10-5-3-6-11(2)15(10)18-13-8-4-7-12(13)9-14(16)17/h3,5-6,12-13H,4,7-9H2,1-2H3,(H,16,17). The van der Waals surface area contributed by atoms with E-state index in [9.17, 15) is 4.79 Å². The Balaban J connectivity index is 2.10. The van der Waals surface area contributed by atoms with Crippen molar-refractivity contribution in [2.24, 2.45) is 5.92 Å². The Kier molecular flexibility index (Phi) is 3.90. The second kappa shape index (κ2) is 5.42. The summed E-state index contributed by atoms with van der Waals surface area (Å²) in [5, 5.41) is 8.91. The number of ether oxygens (including phenoxy) is 1. The van der Waals surface area contributed by atoms with Crippen molar-refractivity contribution in [3.8, 4) is 5.75 Å². The van der Waals surface area contributed by atoms with E-state index >= 15 is 0 Å². The van der Waals surface area contributed by atoms with Gasteiger partial charge in [-0.2, -0.15) is 0 Å². The number of carboxylic acid groups (broad SMARTS) is 1. The lowest BCUT2D eigenvalue weighted by molar-refractivity contribution is -0.138. The summed E-state index contributed by atoms with van der Waals surface area (Å²) in [6.45, 7) is 4.06. The van der Waals surface area contributed by atoms with Crippen LogP contribution in [0.15, 0.2) is 18.2 Å². The van der Waals surface area contributed by atoms with Crippen LogP contribution < -0.4 is 4.74 Å². The van der Waals surface area contributed by atoms with Crippen molar-refractivity contribution in [2.75, 3.05) is 0 Å². The summed E-state index contributed by atoms with van der Waals surface area (Å²) in [7, 11) is 0. The molecule has 1 saturated carbocycles. The second-order valence-corrected chi connectivity index (χ2v) is 5.17. The van der Waals surface area contributed by atoms with E-state index in [-0.39, 0.29) is 18.4 Å². The van der Waals surface area contributed by atoms with Crippen molar-refractivity contribution in [1.82, 2.24) is 0 Å². The lowest BCUT2D eigenvalue weighted by Crippen LogP contribution is -2.24. The average molecular weight is 248 g/mol. The van der Waals surface area contributed by atoms with Gasteiger partial charge in [-0.3, -0.25) is 4.79 Å². The van der Waals surface area contributed by atoms with E-state index in [4.69, 9.17) is 9.84 Å². The molecule has 1 aliphatic carbocycles. The highest BCUT2D eigenvalue weighted by Crippen LogP contribution is 2.34. The van der Waals surface area contributed by atoms with Gasteiger partial charge in [-0.1, -0.05) is 18.2 Å². The molecule has 0 aromatic heterocycles. The first-order valence-corrected chi connectivity index (χ1v) is 6.52. The molecule has 98 valence electrons. The lowest BCUT2D eigenvalue weighted by atomic mass is 10.0. The highest BCUT2D eigenvalue weighted by Gasteiger charge is 2.31. The van der Waals surface area contributed by atoms with Crippen LogP contribution in [-0.4, -0.2) is 17.2 Å². The van der Waals surface area contributed by atoms with Gasteiger partial charge in [0.15, 0.2) is 0 Å². The zero-order valence-electron chi connectivity index (χ0n) is 11.0. The number of hydrogen-bond donors (Lipinski definition) is 1. The molecule has 1 aliphatic rings. The zero-order chi connectivity index (χ0) is 13.1. The van der Waals surface area contributed by atoms with E-state index in [0.717, 1.165) is 36.1 Å². The smallest absolute Gasteiger partial charge is 0.303 e. The third kappa shape index (κ3) is 2.84. The van der Waals surface area contributed by atoms with Crippen molar-refractivity contribution < 1.29 is 14.6 Å². The number of hydrogen-bond acceptors (Lipinski definition) is 2. The molecule has 0 heterocycles. The van der Waals surface area contributed by atoms with Crippen molar-refractivity contribution in [3.63, 3.8) is 0 Å². The topological polar surface area (TPSA) is 46.5 Å². The minimum absolute atomic E-state index is 0.0564. The molecule has 0 radical (unpaired) electrons. The summed E-state index contributed by atoms with van der Waals surface area (Å²) in [5.41, 5.74) is 2.24. The second-order valence-electron chi connectivity index (χ2n) is 5.17. The van der Waals surface area contributed by atoms with Gasteiger partial charge in [0.1, 0.15) is 11.9 Å². The Bertz CT molecular complexity index is 419. The number of para-hydroxylation sites is 1. The van der Waals surface area contributed by atoms with E-state index < -0.39 is 5.97 Å². The Hall–Kier alpha value is -1.51. The summed E-state index contributed by atoms with van der Waals surface area (Å²) in [6, 6.07) is 6.08. The maximum absolute atomic E-state index is 10.8. The fourth-order valence-corrected chi connectivity index (χ4v) is 2.75. The quantitative estimate of drug-likeness (QED) is 0.889. The van der Waals surface area contributed by atoms with E-state index in [2.05, 4.69) is 0 Å². The molecule has 0 spiro atoms. The summed E-state index contributed by atoms with van der Waals surface area (Å²) in [4.78, 5) is 10.8. The molecule has 0 aliphatic heterocycles. The van der Waals surface area contributed by atoms with Crippen molar-refractivity contribution >= 4 is 5.97 Å². The third-order valence-electron chi connectivity index (χ3n) is 3.70. The van der Waals surface area contributed by atoms with Crippen LogP contribution in [0.5, 0.6) is 5.75 Å². The number of carboxylic acids is 1. The van der Waals surface area contributed by atoms with Crippen LogP contribution in [0, 0.1) is 19.8 Å². The van der Waals surface area contributed by atoms with E-state index in [0.29, 0.717) is 0 Å². The Labute approximate surface area is 108 Å². The van der Waals surface area contributed by atoms with Gasteiger partial charge in [0.05, 0.1) is 6.42 Å². The van der Waals surface area contributed by atoms with Gasteiger partial charge < -0.3 is 9.84 Å². The molecule has 0 saturated heterocycles. The molecule has 1 aromatic carbocycles. The summed E-state index contributed by atoms with van der Waals surface area (Å²) < 4.78 is 6.09. The SMILES string of the molecule is Cc1cccc(C)c1OC1CCCC1CC(=O)O. The number of benzene rings is 1. The van der Waals surface area contributed by atoms with Gasteiger partial charge in [-0.25, -0.2) is 0 Å². The van der Waals surface area contributed by atoms with Crippen LogP contribution >= 0.6 is 0 Å². The minimum Gasteiger partial charge on any atom is -0.490 e. The molecule has 1 N–H and O–H groups in total. The van der Waals surface area contributed by atoms with Gasteiger partial charge in [-0.05, 0) is 44.2 Å². The first-order chi connectivity index (χ1) is 8.58. The molecular formula is C15H20O3. The summed E-state index contributed by atoms with van der Waals surface area (Å²) >= 11 is 0. The minimum atomic E-state index is -0.725. The third-order valence-corrected chi connectivity index (χ3v) is 3.70. The molecule has 1 fully saturated rings. The number of carbonyl (C=O) groups is 1.